The SMILES string of the molecule is CC1CCC(NC(=O)COCCN)CC1. The molecule has 4 nitrogen and oxygen atoms in total. The summed E-state index contributed by atoms with van der Waals surface area (Å²) < 4.78 is 5.07. The van der Waals surface area contributed by atoms with Crippen LogP contribution in [0.25, 0.3) is 0 Å². The van der Waals surface area contributed by atoms with E-state index in [-0.39, 0.29) is 12.5 Å². The lowest BCUT2D eigenvalue weighted by atomic mass is 9.87. The first-order chi connectivity index (χ1) is 7.22. The third-order valence-electron chi connectivity index (χ3n) is 2.88. The van der Waals surface area contributed by atoms with Gasteiger partial charge in [-0.2, -0.15) is 0 Å². The van der Waals surface area contributed by atoms with E-state index in [1.807, 2.05) is 0 Å². The number of carbonyl (C=O) groups excluding carboxylic acids is 1. The smallest absolute Gasteiger partial charge is 0.246 e. The van der Waals surface area contributed by atoms with Crippen LogP contribution in [0, 0.1) is 5.92 Å². The second kappa shape index (κ2) is 6.80. The molecule has 0 bridgehead atoms. The Bertz CT molecular complexity index is 189. The number of nitrogens with one attached hydrogen (secondary N) is 1. The maximum absolute atomic E-state index is 11.4. The Balaban J connectivity index is 2.09. The number of ether oxygens (including phenoxy) is 1. The van der Waals surface area contributed by atoms with Gasteiger partial charge in [0.1, 0.15) is 6.61 Å². The summed E-state index contributed by atoms with van der Waals surface area (Å²) in [7, 11) is 0. The summed E-state index contributed by atoms with van der Waals surface area (Å²) in [5, 5.41) is 2.99. The van der Waals surface area contributed by atoms with Crippen LogP contribution in [0.1, 0.15) is 32.6 Å². The van der Waals surface area contributed by atoms with Gasteiger partial charge in [-0.25, -0.2) is 0 Å². The van der Waals surface area contributed by atoms with Crippen molar-refractivity contribution in [2.24, 2.45) is 11.7 Å². The van der Waals surface area contributed by atoms with Gasteiger partial charge in [-0.05, 0) is 31.6 Å². The molecule has 1 rings (SSSR count). The number of hydrogen-bond donors (Lipinski definition) is 2. The minimum Gasteiger partial charge on any atom is -0.370 e. The van der Waals surface area contributed by atoms with Gasteiger partial charge in [0.05, 0.1) is 6.61 Å². The summed E-state index contributed by atoms with van der Waals surface area (Å²) in [4.78, 5) is 11.4. The predicted octanol–water partition coefficient (Wildman–Crippen LogP) is 0.657. The molecule has 0 aliphatic heterocycles. The highest BCUT2D eigenvalue weighted by Gasteiger charge is 2.19. The third-order valence-corrected chi connectivity index (χ3v) is 2.88. The van der Waals surface area contributed by atoms with Gasteiger partial charge >= 0.3 is 0 Å². The third kappa shape index (κ3) is 5.14. The zero-order valence-corrected chi connectivity index (χ0v) is 9.50. The Kier molecular flexibility index (Phi) is 5.65. The summed E-state index contributed by atoms with van der Waals surface area (Å²) in [6, 6.07) is 0.357. The van der Waals surface area contributed by atoms with E-state index in [9.17, 15) is 4.79 Å². The largest absolute Gasteiger partial charge is 0.370 e. The summed E-state index contributed by atoms with van der Waals surface area (Å²) in [6.07, 6.45) is 4.64. The lowest BCUT2D eigenvalue weighted by Gasteiger charge is -2.26. The fourth-order valence-electron chi connectivity index (χ4n) is 1.92. The number of hydrogen-bond acceptors (Lipinski definition) is 3. The zero-order chi connectivity index (χ0) is 11.1. The van der Waals surface area contributed by atoms with Crippen LogP contribution in [-0.2, 0) is 9.53 Å². The van der Waals surface area contributed by atoms with Crippen LogP contribution in [0.2, 0.25) is 0 Å². The van der Waals surface area contributed by atoms with Crippen molar-refractivity contribution < 1.29 is 9.53 Å². The highest BCUT2D eigenvalue weighted by atomic mass is 16.5. The molecular formula is C11H22N2O2. The summed E-state index contributed by atoms with van der Waals surface area (Å²) in [6.45, 7) is 3.33. The van der Waals surface area contributed by atoms with Crippen molar-refractivity contribution in [3.63, 3.8) is 0 Å². The Hall–Kier alpha value is -0.610. The van der Waals surface area contributed by atoms with Crippen LogP contribution < -0.4 is 11.1 Å². The zero-order valence-electron chi connectivity index (χ0n) is 9.50. The van der Waals surface area contributed by atoms with Crippen molar-refractivity contribution >= 4 is 5.91 Å². The van der Waals surface area contributed by atoms with E-state index in [2.05, 4.69) is 12.2 Å². The molecule has 0 aromatic rings. The van der Waals surface area contributed by atoms with E-state index < -0.39 is 0 Å². The second-order valence-corrected chi connectivity index (χ2v) is 4.37. The standard InChI is InChI=1S/C11H22N2O2/c1-9-2-4-10(5-3-9)13-11(14)8-15-7-6-12/h9-10H,2-8,12H2,1H3,(H,13,14). The first kappa shape index (κ1) is 12.5. The lowest BCUT2D eigenvalue weighted by Crippen LogP contribution is -2.39. The van der Waals surface area contributed by atoms with Crippen LogP contribution in [0.15, 0.2) is 0 Å². The molecule has 0 atom stereocenters. The van der Waals surface area contributed by atoms with Crippen molar-refractivity contribution in [1.29, 1.82) is 0 Å². The van der Waals surface area contributed by atoms with E-state index in [1.54, 1.807) is 0 Å². The topological polar surface area (TPSA) is 64.3 Å². The van der Waals surface area contributed by atoms with Gasteiger partial charge in [-0.1, -0.05) is 6.92 Å². The van der Waals surface area contributed by atoms with Gasteiger partial charge in [-0.15, -0.1) is 0 Å². The van der Waals surface area contributed by atoms with Crippen LogP contribution in [-0.4, -0.2) is 31.7 Å². The molecule has 0 radical (unpaired) electrons. The van der Waals surface area contributed by atoms with Crippen molar-refractivity contribution in [2.45, 2.75) is 38.6 Å². The van der Waals surface area contributed by atoms with Crippen LogP contribution in [0.4, 0.5) is 0 Å². The average molecular weight is 214 g/mol. The molecule has 1 amide bonds. The molecule has 0 heterocycles. The van der Waals surface area contributed by atoms with Crippen molar-refractivity contribution in [3.8, 4) is 0 Å². The molecule has 0 spiro atoms. The molecule has 1 saturated carbocycles. The quantitative estimate of drug-likeness (QED) is 0.661. The van der Waals surface area contributed by atoms with Gasteiger partial charge in [0.2, 0.25) is 5.91 Å². The molecule has 1 aliphatic rings. The van der Waals surface area contributed by atoms with E-state index in [4.69, 9.17) is 10.5 Å². The lowest BCUT2D eigenvalue weighted by molar-refractivity contribution is -0.126. The van der Waals surface area contributed by atoms with E-state index in [1.165, 1.54) is 12.8 Å². The monoisotopic (exact) mass is 214 g/mol. The Morgan fingerprint density at radius 3 is 2.67 bits per heavy atom. The molecule has 4 heteroatoms. The number of carbonyl (C=O) groups is 1. The van der Waals surface area contributed by atoms with Gasteiger partial charge in [0, 0.05) is 12.6 Å². The molecule has 0 saturated heterocycles. The molecule has 0 aromatic carbocycles. The maximum atomic E-state index is 11.4. The van der Waals surface area contributed by atoms with E-state index >= 15 is 0 Å². The molecule has 0 unspecified atom stereocenters. The number of rotatable bonds is 5. The maximum Gasteiger partial charge on any atom is 0.246 e. The van der Waals surface area contributed by atoms with Gasteiger partial charge in [-0.3, -0.25) is 4.79 Å². The minimum atomic E-state index is -0.0111. The molecule has 0 aromatic heterocycles. The van der Waals surface area contributed by atoms with E-state index in [0.29, 0.717) is 19.2 Å². The fourth-order valence-corrected chi connectivity index (χ4v) is 1.92. The summed E-state index contributed by atoms with van der Waals surface area (Å²) in [5.41, 5.74) is 5.26. The summed E-state index contributed by atoms with van der Waals surface area (Å²) in [5.74, 6) is 0.801. The highest BCUT2D eigenvalue weighted by Crippen LogP contribution is 2.23. The molecular weight excluding hydrogens is 192 g/mol. The molecule has 15 heavy (non-hydrogen) atoms. The molecule has 1 aliphatic carbocycles. The van der Waals surface area contributed by atoms with Crippen LogP contribution >= 0.6 is 0 Å². The Morgan fingerprint density at radius 2 is 2.07 bits per heavy atom. The first-order valence-corrected chi connectivity index (χ1v) is 5.79. The van der Waals surface area contributed by atoms with Crippen LogP contribution in [0.5, 0.6) is 0 Å². The number of nitrogens with two attached hydrogens (primary N) is 1. The second-order valence-electron chi connectivity index (χ2n) is 4.37. The molecule has 3 N–H and O–H groups in total. The van der Waals surface area contributed by atoms with Crippen molar-refractivity contribution in [3.05, 3.63) is 0 Å². The van der Waals surface area contributed by atoms with Crippen molar-refractivity contribution in [1.82, 2.24) is 5.32 Å². The first-order valence-electron chi connectivity index (χ1n) is 5.79. The molecule has 88 valence electrons. The van der Waals surface area contributed by atoms with Gasteiger partial charge in [0.25, 0.3) is 0 Å². The average Bonchev–Trinajstić information content (AvgIpc) is 2.22. The Labute approximate surface area is 91.5 Å². The Morgan fingerprint density at radius 1 is 1.40 bits per heavy atom. The van der Waals surface area contributed by atoms with Gasteiger partial charge in [0.15, 0.2) is 0 Å². The normalized spacial score (nSPS) is 26.3. The highest BCUT2D eigenvalue weighted by molar-refractivity contribution is 5.77. The van der Waals surface area contributed by atoms with Gasteiger partial charge < -0.3 is 15.8 Å². The number of amides is 1. The predicted molar refractivity (Wildman–Crippen MR) is 59.4 cm³/mol. The minimum absolute atomic E-state index is 0.0111. The van der Waals surface area contributed by atoms with Crippen molar-refractivity contribution in [2.75, 3.05) is 19.8 Å². The molecule has 1 fully saturated rings. The summed E-state index contributed by atoms with van der Waals surface area (Å²) >= 11 is 0. The fraction of sp³-hybridized carbons (Fsp3) is 0.909. The van der Waals surface area contributed by atoms with Crippen LogP contribution in [0.3, 0.4) is 0 Å². The van der Waals surface area contributed by atoms with E-state index in [0.717, 1.165) is 18.8 Å².